The second-order valence-corrected chi connectivity index (χ2v) is 3.34. The van der Waals surface area contributed by atoms with E-state index in [2.05, 4.69) is 0 Å². The average Bonchev–Trinajstić information content (AvgIpc) is 2.16. The lowest BCUT2D eigenvalue weighted by Crippen LogP contribution is -2.05. The molecule has 0 amide bonds. The molecule has 0 heterocycles. The van der Waals surface area contributed by atoms with Crippen molar-refractivity contribution in [2.45, 2.75) is 18.7 Å². The van der Waals surface area contributed by atoms with Gasteiger partial charge < -0.3 is 0 Å². The van der Waals surface area contributed by atoms with Crippen LogP contribution < -0.4 is 0 Å². The van der Waals surface area contributed by atoms with E-state index in [0.717, 1.165) is 0 Å². The van der Waals surface area contributed by atoms with Gasteiger partial charge in [0.2, 0.25) is 0 Å². The predicted octanol–water partition coefficient (Wildman–Crippen LogP) is 3.49. The van der Waals surface area contributed by atoms with Gasteiger partial charge >= 0.3 is 0 Å². The van der Waals surface area contributed by atoms with Crippen LogP contribution in [0, 0.1) is 0 Å². The molecule has 0 aliphatic heterocycles. The fourth-order valence-electron chi connectivity index (χ4n) is 1.16. The first-order valence-electron chi connectivity index (χ1n) is 4.05. The molecule has 0 N–H and O–H groups in total. The van der Waals surface area contributed by atoms with Crippen molar-refractivity contribution in [1.29, 1.82) is 0 Å². The molecule has 0 aliphatic rings. The van der Waals surface area contributed by atoms with Crippen LogP contribution in [0.2, 0.25) is 0 Å². The molecule has 0 aromatic heterocycles. The zero-order valence-corrected chi connectivity index (χ0v) is 8.26. The molecular formula is C10H9ClF2O. The number of alkyl halides is 3. The highest BCUT2D eigenvalue weighted by Gasteiger charge is 2.20. The molecule has 1 atom stereocenters. The monoisotopic (exact) mass is 218 g/mol. The molecule has 0 saturated carbocycles. The normalized spacial score (nSPS) is 12.9. The van der Waals surface area contributed by atoms with Crippen LogP contribution in [0.4, 0.5) is 8.78 Å². The summed E-state index contributed by atoms with van der Waals surface area (Å²) in [5.41, 5.74) is 0.0133. The van der Waals surface area contributed by atoms with E-state index in [9.17, 15) is 13.6 Å². The van der Waals surface area contributed by atoms with Crippen molar-refractivity contribution in [2.75, 3.05) is 0 Å². The maximum atomic E-state index is 12.5. The Morgan fingerprint density at radius 1 is 1.29 bits per heavy atom. The van der Waals surface area contributed by atoms with Crippen LogP contribution in [-0.4, -0.2) is 5.78 Å². The molecule has 1 aromatic rings. The molecule has 0 saturated heterocycles. The summed E-state index contributed by atoms with van der Waals surface area (Å²) in [6, 6.07) is 5.80. The largest absolute Gasteiger partial charge is 0.298 e. The van der Waals surface area contributed by atoms with Crippen LogP contribution in [0.5, 0.6) is 0 Å². The van der Waals surface area contributed by atoms with Crippen molar-refractivity contribution < 1.29 is 13.6 Å². The molecule has 14 heavy (non-hydrogen) atoms. The van der Waals surface area contributed by atoms with Gasteiger partial charge in [-0.05, 0) is 12.5 Å². The Balaban J connectivity index is 3.13. The summed E-state index contributed by atoms with van der Waals surface area (Å²) in [4.78, 5) is 10.9. The van der Waals surface area contributed by atoms with E-state index >= 15 is 0 Å². The number of carbonyl (C=O) groups excluding carboxylic acids is 1. The maximum Gasteiger partial charge on any atom is 0.264 e. The Hall–Kier alpha value is -0.960. The Bertz CT molecular complexity index is 339. The number of hydrogen-bond donors (Lipinski definition) is 0. The van der Waals surface area contributed by atoms with E-state index in [1.807, 2.05) is 0 Å². The first-order chi connectivity index (χ1) is 6.54. The van der Waals surface area contributed by atoms with Gasteiger partial charge in [-0.15, -0.1) is 11.6 Å². The van der Waals surface area contributed by atoms with Crippen LogP contribution >= 0.6 is 11.6 Å². The van der Waals surface area contributed by atoms with E-state index < -0.39 is 11.8 Å². The second-order valence-electron chi connectivity index (χ2n) is 2.90. The van der Waals surface area contributed by atoms with Gasteiger partial charge in [-0.3, -0.25) is 4.79 Å². The summed E-state index contributed by atoms with van der Waals surface area (Å²) in [6.45, 7) is 1.28. The Kier molecular flexibility index (Phi) is 3.58. The van der Waals surface area contributed by atoms with Gasteiger partial charge in [0.1, 0.15) is 5.38 Å². The smallest absolute Gasteiger partial charge is 0.264 e. The highest BCUT2D eigenvalue weighted by atomic mass is 35.5. The number of Topliss-reactive ketones (excluding diaryl/α,β-unsaturated/α-hetero) is 1. The van der Waals surface area contributed by atoms with E-state index in [0.29, 0.717) is 0 Å². The summed E-state index contributed by atoms with van der Waals surface area (Å²) in [6.07, 6.45) is -2.60. The number of carbonyl (C=O) groups is 1. The van der Waals surface area contributed by atoms with Gasteiger partial charge in [-0.25, -0.2) is 8.78 Å². The number of benzene rings is 1. The van der Waals surface area contributed by atoms with Crippen LogP contribution in [0.25, 0.3) is 0 Å². The minimum absolute atomic E-state index is 0.178. The SMILES string of the molecule is CC(=O)C(Cl)c1ccccc1C(F)F. The molecule has 4 heteroatoms. The molecule has 0 fully saturated rings. The molecule has 0 aliphatic carbocycles. The molecule has 1 aromatic carbocycles. The Morgan fingerprint density at radius 2 is 1.79 bits per heavy atom. The first-order valence-corrected chi connectivity index (χ1v) is 4.49. The fourth-order valence-corrected chi connectivity index (χ4v) is 1.36. The second kappa shape index (κ2) is 4.51. The van der Waals surface area contributed by atoms with E-state index in [-0.39, 0.29) is 16.9 Å². The van der Waals surface area contributed by atoms with Crippen molar-refractivity contribution >= 4 is 17.4 Å². The molecule has 76 valence electrons. The average molecular weight is 219 g/mol. The molecular weight excluding hydrogens is 210 g/mol. The number of rotatable bonds is 3. The molecule has 0 spiro atoms. The lowest BCUT2D eigenvalue weighted by molar-refractivity contribution is -0.116. The van der Waals surface area contributed by atoms with Crippen molar-refractivity contribution in [3.05, 3.63) is 35.4 Å². The van der Waals surface area contributed by atoms with Gasteiger partial charge in [-0.2, -0.15) is 0 Å². The number of hydrogen-bond acceptors (Lipinski definition) is 1. The van der Waals surface area contributed by atoms with E-state index in [4.69, 9.17) is 11.6 Å². The van der Waals surface area contributed by atoms with Crippen molar-refractivity contribution in [3.63, 3.8) is 0 Å². The third-order valence-corrected chi connectivity index (χ3v) is 2.40. The highest BCUT2D eigenvalue weighted by Crippen LogP contribution is 2.30. The summed E-state index contributed by atoms with van der Waals surface area (Å²) >= 11 is 5.71. The minimum Gasteiger partial charge on any atom is -0.298 e. The minimum atomic E-state index is -2.60. The Morgan fingerprint density at radius 3 is 2.21 bits per heavy atom. The van der Waals surface area contributed by atoms with Gasteiger partial charge in [0, 0.05) is 5.56 Å². The predicted molar refractivity (Wildman–Crippen MR) is 50.7 cm³/mol. The zero-order valence-electron chi connectivity index (χ0n) is 7.51. The summed E-state index contributed by atoms with van der Waals surface area (Å²) < 4.78 is 25.0. The van der Waals surface area contributed by atoms with Crippen LogP contribution in [0.3, 0.4) is 0 Å². The molecule has 1 nitrogen and oxygen atoms in total. The number of halogens is 3. The molecule has 0 radical (unpaired) electrons. The summed E-state index contributed by atoms with van der Waals surface area (Å²) in [7, 11) is 0. The van der Waals surface area contributed by atoms with Crippen LogP contribution in [0.1, 0.15) is 29.9 Å². The van der Waals surface area contributed by atoms with Crippen molar-refractivity contribution in [3.8, 4) is 0 Å². The summed E-state index contributed by atoms with van der Waals surface area (Å²) in [5.74, 6) is -0.334. The van der Waals surface area contributed by atoms with E-state index in [1.165, 1.54) is 25.1 Å². The van der Waals surface area contributed by atoms with Crippen molar-refractivity contribution in [1.82, 2.24) is 0 Å². The summed E-state index contributed by atoms with van der Waals surface area (Å²) in [5, 5.41) is -0.986. The lowest BCUT2D eigenvalue weighted by atomic mass is 10.0. The van der Waals surface area contributed by atoms with Crippen LogP contribution in [-0.2, 0) is 4.79 Å². The van der Waals surface area contributed by atoms with Crippen LogP contribution in [0.15, 0.2) is 24.3 Å². The van der Waals surface area contributed by atoms with Crippen molar-refractivity contribution in [2.24, 2.45) is 0 Å². The zero-order chi connectivity index (χ0) is 10.7. The van der Waals surface area contributed by atoms with Gasteiger partial charge in [-0.1, -0.05) is 24.3 Å². The number of ketones is 1. The van der Waals surface area contributed by atoms with Gasteiger partial charge in [0.15, 0.2) is 5.78 Å². The van der Waals surface area contributed by atoms with E-state index in [1.54, 1.807) is 6.07 Å². The lowest BCUT2D eigenvalue weighted by Gasteiger charge is -2.11. The first kappa shape index (κ1) is 11.1. The standard InChI is InChI=1S/C10H9ClF2O/c1-6(14)9(11)7-4-2-3-5-8(7)10(12)13/h2-5,9-10H,1H3. The molecule has 1 unspecified atom stereocenters. The fraction of sp³-hybridized carbons (Fsp3) is 0.300. The third-order valence-electron chi connectivity index (χ3n) is 1.86. The van der Waals surface area contributed by atoms with Gasteiger partial charge in [0.05, 0.1) is 0 Å². The van der Waals surface area contributed by atoms with Gasteiger partial charge in [0.25, 0.3) is 6.43 Å². The quantitative estimate of drug-likeness (QED) is 0.710. The highest BCUT2D eigenvalue weighted by molar-refractivity contribution is 6.30. The maximum absolute atomic E-state index is 12.5. The third kappa shape index (κ3) is 2.29. The molecule has 1 rings (SSSR count). The topological polar surface area (TPSA) is 17.1 Å². The molecule has 0 bridgehead atoms. The Labute approximate surface area is 85.7 Å².